The van der Waals surface area contributed by atoms with Crippen LogP contribution in [0.3, 0.4) is 0 Å². The fourth-order valence-corrected chi connectivity index (χ4v) is 2.12. The van der Waals surface area contributed by atoms with E-state index in [4.69, 9.17) is 4.55 Å². The van der Waals surface area contributed by atoms with Crippen molar-refractivity contribution in [2.45, 2.75) is 36.0 Å². The fourth-order valence-electron chi connectivity index (χ4n) is 1.65. The minimum atomic E-state index is -6.61. The molecule has 0 aliphatic rings. The molecule has 0 saturated carbocycles. The van der Waals surface area contributed by atoms with Crippen molar-refractivity contribution in [2.24, 2.45) is 0 Å². The molecule has 1 unspecified atom stereocenters. The van der Waals surface area contributed by atoms with Crippen molar-refractivity contribution < 1.29 is 71.9 Å². The monoisotopic (exact) mass is 494 g/mol. The van der Waals surface area contributed by atoms with E-state index >= 15 is 0 Å². The van der Waals surface area contributed by atoms with Crippen LogP contribution in [0.15, 0.2) is 25.1 Å². The normalized spacial score (nSPS) is 15.0. The first-order valence-corrected chi connectivity index (χ1v) is 9.00. The Kier molecular flexibility index (Phi) is 9.18. The van der Waals surface area contributed by atoms with Gasteiger partial charge in [-0.1, -0.05) is 19.2 Å². The van der Waals surface area contributed by atoms with Crippen LogP contribution in [0.1, 0.15) is 12.8 Å². The summed E-state index contributed by atoms with van der Waals surface area (Å²) in [5.41, 5.74) is 0. The van der Waals surface area contributed by atoms with Crippen molar-refractivity contribution in [1.82, 2.24) is 0 Å². The zero-order valence-electron chi connectivity index (χ0n) is 15.1. The molecule has 0 aromatic rings. The van der Waals surface area contributed by atoms with Gasteiger partial charge < -0.3 is 14.2 Å². The minimum absolute atomic E-state index is 0.757. The Morgan fingerprint density at radius 3 is 1.97 bits per heavy atom. The molecule has 17 heteroatoms. The molecule has 0 radical (unpaired) electrons. The minimum Gasteiger partial charge on any atom is -0.456 e. The van der Waals surface area contributed by atoms with Gasteiger partial charge in [0.1, 0.15) is 6.61 Å². The smallest absolute Gasteiger partial charge is 0.456 e. The molecule has 0 fully saturated rings. The average molecular weight is 494 g/mol. The van der Waals surface area contributed by atoms with E-state index < -0.39 is 77.1 Å². The predicted molar refractivity (Wildman–Crippen MR) is 82.9 cm³/mol. The van der Waals surface area contributed by atoms with Gasteiger partial charge in [-0.25, -0.2) is 9.59 Å². The predicted octanol–water partition coefficient (Wildman–Crippen LogP) is 2.91. The molecular weight excluding hydrogens is 480 g/mol. The summed E-state index contributed by atoms with van der Waals surface area (Å²) in [6, 6.07) is 0. The Hall–Kier alpha value is -2.27. The summed E-state index contributed by atoms with van der Waals surface area (Å²) >= 11 is 0. The lowest BCUT2D eigenvalue weighted by atomic mass is 10.2. The highest BCUT2D eigenvalue weighted by Gasteiger charge is 2.68. The number of halogens is 8. The van der Waals surface area contributed by atoms with E-state index in [-0.39, 0.29) is 0 Å². The molecule has 0 bridgehead atoms. The van der Waals surface area contributed by atoms with Crippen molar-refractivity contribution in [2.75, 3.05) is 13.2 Å². The van der Waals surface area contributed by atoms with Gasteiger partial charge in [0.05, 0.1) is 6.61 Å². The average Bonchev–Trinajstić information content (AvgIpc) is 2.59. The molecule has 0 aromatic heterocycles. The highest BCUT2D eigenvalue weighted by molar-refractivity contribution is 7.87. The summed E-state index contributed by atoms with van der Waals surface area (Å²) < 4.78 is 147. The Morgan fingerprint density at radius 1 is 1.06 bits per heavy atom. The van der Waals surface area contributed by atoms with Crippen LogP contribution in [0.4, 0.5) is 35.1 Å². The molecule has 0 rings (SSSR count). The third-order valence-corrected chi connectivity index (χ3v) is 4.07. The lowest BCUT2D eigenvalue weighted by Crippen LogP contribution is -2.58. The molecule has 0 saturated heterocycles. The summed E-state index contributed by atoms with van der Waals surface area (Å²) in [7, 11) is -6.61. The molecule has 180 valence electrons. The molecule has 0 heterocycles. The molecule has 1 atom stereocenters. The van der Waals surface area contributed by atoms with E-state index in [2.05, 4.69) is 27.4 Å². The summed E-state index contributed by atoms with van der Waals surface area (Å²) in [5, 5.41) is -6.01. The highest BCUT2D eigenvalue weighted by atomic mass is 32.2. The lowest BCUT2D eigenvalue weighted by Gasteiger charge is -2.32. The highest BCUT2D eigenvalue weighted by Crippen LogP contribution is 2.42. The number of ether oxygens (including phenoxy) is 3. The van der Waals surface area contributed by atoms with Gasteiger partial charge in [0.2, 0.25) is 5.83 Å². The zero-order valence-corrected chi connectivity index (χ0v) is 15.9. The Labute approximate surface area is 169 Å². The first-order valence-electron chi connectivity index (χ1n) is 7.56. The molecule has 0 aromatic carbocycles. The number of carbonyl (C=O) groups is 2. The van der Waals surface area contributed by atoms with E-state index in [9.17, 15) is 53.1 Å². The maximum absolute atomic E-state index is 13.4. The van der Waals surface area contributed by atoms with E-state index in [0.29, 0.717) is 0 Å². The molecule has 1 N–H and O–H groups in total. The van der Waals surface area contributed by atoms with Gasteiger partial charge in [-0.15, -0.1) is 0 Å². The quantitative estimate of drug-likeness (QED) is 0.0838. The van der Waals surface area contributed by atoms with Gasteiger partial charge in [-0.2, -0.15) is 43.5 Å². The van der Waals surface area contributed by atoms with Crippen LogP contribution in [0, 0.1) is 0 Å². The van der Waals surface area contributed by atoms with E-state index in [1.54, 1.807) is 0 Å². The second-order valence-corrected chi connectivity index (χ2v) is 6.91. The summed E-state index contributed by atoms with van der Waals surface area (Å²) in [4.78, 5) is 23.0. The SMILES string of the molecule is C=CCOC(=O)C(OCCCC(F)(F)C(F)(F)S(=O)(=O)O)(OC(=O)C(=C)F)C(F)(F)F. The van der Waals surface area contributed by atoms with Crippen LogP contribution in [-0.2, 0) is 33.9 Å². The second kappa shape index (κ2) is 9.90. The number of carbonyl (C=O) groups excluding carboxylic acids is 2. The van der Waals surface area contributed by atoms with E-state index in [1.165, 1.54) is 0 Å². The van der Waals surface area contributed by atoms with Gasteiger partial charge in [-0.3, -0.25) is 4.55 Å². The number of alkyl halides is 7. The number of rotatable bonds is 12. The topological polar surface area (TPSA) is 116 Å². The van der Waals surface area contributed by atoms with Crippen LogP contribution in [0.2, 0.25) is 0 Å². The molecule has 0 aliphatic carbocycles. The van der Waals surface area contributed by atoms with Gasteiger partial charge in [0, 0.05) is 6.42 Å². The molecule has 8 nitrogen and oxygen atoms in total. The van der Waals surface area contributed by atoms with Crippen LogP contribution in [-0.4, -0.2) is 61.3 Å². The summed E-state index contributed by atoms with van der Waals surface area (Å²) in [6.07, 6.45) is -8.93. The van der Waals surface area contributed by atoms with Crippen LogP contribution < -0.4 is 0 Å². The molecule has 0 amide bonds. The van der Waals surface area contributed by atoms with Crippen LogP contribution in [0.5, 0.6) is 0 Å². The second-order valence-electron chi connectivity index (χ2n) is 5.44. The Balaban J connectivity index is 5.74. The lowest BCUT2D eigenvalue weighted by molar-refractivity contribution is -0.355. The van der Waals surface area contributed by atoms with Gasteiger partial charge in [0.25, 0.3) is 0 Å². The van der Waals surface area contributed by atoms with Gasteiger partial charge in [-0.05, 0) is 6.42 Å². The number of esters is 2. The first kappa shape index (κ1) is 28.7. The summed E-state index contributed by atoms with van der Waals surface area (Å²) in [6.45, 7) is 2.73. The van der Waals surface area contributed by atoms with Crippen LogP contribution in [0.25, 0.3) is 0 Å². The van der Waals surface area contributed by atoms with E-state index in [1.807, 2.05) is 0 Å². The van der Waals surface area contributed by atoms with Crippen molar-refractivity contribution in [3.63, 3.8) is 0 Å². The maximum atomic E-state index is 13.4. The Bertz CT molecular complexity index is 808. The van der Waals surface area contributed by atoms with Gasteiger partial charge >= 0.3 is 45.2 Å². The molecule has 0 aliphatic heterocycles. The third kappa shape index (κ3) is 6.60. The number of hydrogen-bond donors (Lipinski definition) is 1. The van der Waals surface area contributed by atoms with Crippen LogP contribution >= 0.6 is 0 Å². The molecule has 0 spiro atoms. The summed E-state index contributed by atoms with van der Waals surface area (Å²) in [5.74, 6) is -17.3. The van der Waals surface area contributed by atoms with Crippen molar-refractivity contribution >= 4 is 22.1 Å². The zero-order chi connectivity index (χ0) is 24.9. The van der Waals surface area contributed by atoms with Crippen molar-refractivity contribution in [1.29, 1.82) is 0 Å². The first-order chi connectivity index (χ1) is 13.8. The fraction of sp³-hybridized carbons (Fsp3) is 0.571. The van der Waals surface area contributed by atoms with E-state index in [0.717, 1.165) is 6.08 Å². The standard InChI is InChI=1S/C14H14F8O8S/c1-3-6-28-10(24)12(13(18,19)20,30-9(23)8(2)15)29-7-4-5-11(16,17)14(21,22)31(25,26)27/h3H,1-2,4-7H2,(H,25,26,27). The molecular formula is C14H14F8O8S. The maximum Gasteiger partial charge on any atom is 0.468 e. The molecule has 31 heavy (non-hydrogen) atoms. The van der Waals surface area contributed by atoms with Crippen molar-refractivity contribution in [3.8, 4) is 0 Å². The third-order valence-electron chi connectivity index (χ3n) is 3.12. The number of hydrogen-bond acceptors (Lipinski definition) is 7. The Morgan fingerprint density at radius 2 is 1.58 bits per heavy atom. The van der Waals surface area contributed by atoms with Crippen molar-refractivity contribution in [3.05, 3.63) is 25.1 Å². The largest absolute Gasteiger partial charge is 0.468 e. The van der Waals surface area contributed by atoms with Gasteiger partial charge in [0.15, 0.2) is 0 Å².